The molecule has 1 unspecified atom stereocenters. The number of aromatic carboxylic acids is 1. The lowest BCUT2D eigenvalue weighted by Crippen LogP contribution is -2.21. The Bertz CT molecular complexity index is 996. The molecule has 29 heavy (non-hydrogen) atoms. The lowest BCUT2D eigenvalue weighted by atomic mass is 10.0. The molecule has 0 amide bonds. The fourth-order valence-electron chi connectivity index (χ4n) is 3.82. The van der Waals surface area contributed by atoms with Gasteiger partial charge in [-0.1, -0.05) is 61.0 Å². The summed E-state index contributed by atoms with van der Waals surface area (Å²) in [4.78, 5) is 12.0. The van der Waals surface area contributed by atoms with Gasteiger partial charge < -0.3 is 15.0 Å². The van der Waals surface area contributed by atoms with Crippen LogP contribution in [0.4, 0.5) is 0 Å². The Morgan fingerprint density at radius 1 is 1.10 bits per heavy atom. The van der Waals surface area contributed by atoms with E-state index in [1.54, 1.807) is 0 Å². The third-order valence-electron chi connectivity index (χ3n) is 5.47. The van der Waals surface area contributed by atoms with E-state index in [-0.39, 0.29) is 0 Å². The van der Waals surface area contributed by atoms with Crippen LogP contribution in [0.5, 0.6) is 0 Å². The van der Waals surface area contributed by atoms with Crippen LogP contribution in [0.2, 0.25) is 5.02 Å². The Morgan fingerprint density at radius 2 is 1.83 bits per heavy atom. The van der Waals surface area contributed by atoms with Crippen molar-refractivity contribution >= 4 is 17.6 Å². The zero-order valence-corrected chi connectivity index (χ0v) is 17.8. The van der Waals surface area contributed by atoms with Crippen molar-refractivity contribution in [3.8, 4) is 0 Å². The van der Waals surface area contributed by atoms with E-state index < -0.39 is 5.97 Å². The average molecular weight is 411 g/mol. The second-order valence-corrected chi connectivity index (χ2v) is 7.92. The summed E-state index contributed by atoms with van der Waals surface area (Å²) in [5.74, 6) is -0.539. The Hall–Kier alpha value is -2.56. The van der Waals surface area contributed by atoms with Gasteiger partial charge >= 0.3 is 5.97 Å². The smallest absolute Gasteiger partial charge is 0.337 e. The Morgan fingerprint density at radius 3 is 2.48 bits per heavy atom. The lowest BCUT2D eigenvalue weighted by molar-refractivity contribution is 0.0694. The summed E-state index contributed by atoms with van der Waals surface area (Å²) in [7, 11) is 0. The van der Waals surface area contributed by atoms with Gasteiger partial charge in [-0.15, -0.1) is 0 Å². The van der Waals surface area contributed by atoms with E-state index >= 15 is 0 Å². The number of carboxylic acid groups (broad SMARTS) is 1. The van der Waals surface area contributed by atoms with Crippen LogP contribution in [-0.2, 0) is 13.1 Å². The van der Waals surface area contributed by atoms with Gasteiger partial charge in [0.1, 0.15) is 0 Å². The molecule has 0 bridgehead atoms. The molecule has 5 heteroatoms. The van der Waals surface area contributed by atoms with Crippen LogP contribution >= 0.6 is 11.6 Å². The zero-order valence-electron chi connectivity index (χ0n) is 17.1. The van der Waals surface area contributed by atoms with E-state index in [9.17, 15) is 9.90 Å². The summed E-state index contributed by atoms with van der Waals surface area (Å²) in [5, 5.41) is 14.0. The molecule has 2 N–H and O–H groups in total. The van der Waals surface area contributed by atoms with Gasteiger partial charge in [-0.3, -0.25) is 0 Å². The molecule has 0 saturated carbocycles. The molecular formula is C24H27ClN2O2. The molecule has 0 aliphatic heterocycles. The fraction of sp³-hybridized carbons (Fsp3) is 0.292. The predicted octanol–water partition coefficient (Wildman–Crippen LogP) is 5.40. The molecule has 0 saturated heterocycles. The summed E-state index contributed by atoms with van der Waals surface area (Å²) in [5.41, 5.74) is 5.29. The Balaban J connectivity index is 1.79. The number of nitrogens with zero attached hydrogens (tertiary/aromatic N) is 1. The molecule has 4 nitrogen and oxygen atoms in total. The van der Waals surface area contributed by atoms with Gasteiger partial charge in [-0.25, -0.2) is 4.79 Å². The number of rotatable bonds is 8. The lowest BCUT2D eigenvalue weighted by Gasteiger charge is -2.14. The van der Waals surface area contributed by atoms with Crippen LogP contribution in [-0.4, -0.2) is 22.2 Å². The number of hydrogen-bond donors (Lipinski definition) is 2. The van der Waals surface area contributed by atoms with Gasteiger partial charge in [0, 0.05) is 41.6 Å². The average Bonchev–Trinajstić information content (AvgIpc) is 2.93. The van der Waals surface area contributed by atoms with Gasteiger partial charge in [-0.05, 0) is 43.0 Å². The normalized spacial score (nSPS) is 12.1. The minimum Gasteiger partial charge on any atom is -0.478 e. The third-order valence-corrected chi connectivity index (χ3v) is 5.71. The molecule has 0 aliphatic carbocycles. The summed E-state index contributed by atoms with van der Waals surface area (Å²) < 4.78 is 2.06. The highest BCUT2D eigenvalue weighted by molar-refractivity contribution is 6.30. The van der Waals surface area contributed by atoms with E-state index in [4.69, 9.17) is 11.6 Å². The second-order valence-electron chi connectivity index (χ2n) is 7.49. The van der Waals surface area contributed by atoms with Crippen LogP contribution in [0, 0.1) is 13.8 Å². The van der Waals surface area contributed by atoms with Gasteiger partial charge in [0.05, 0.1) is 5.56 Å². The second kappa shape index (κ2) is 9.29. The highest BCUT2D eigenvalue weighted by Gasteiger charge is 2.22. The minimum atomic E-state index is -0.886. The predicted molar refractivity (Wildman–Crippen MR) is 118 cm³/mol. The zero-order chi connectivity index (χ0) is 21.0. The first kappa shape index (κ1) is 21.2. The van der Waals surface area contributed by atoms with Gasteiger partial charge in [0.2, 0.25) is 0 Å². The van der Waals surface area contributed by atoms with E-state index in [1.165, 1.54) is 5.56 Å². The van der Waals surface area contributed by atoms with Crippen molar-refractivity contribution in [1.82, 2.24) is 9.88 Å². The molecule has 1 heterocycles. The molecule has 3 aromatic rings. The van der Waals surface area contributed by atoms with Crippen molar-refractivity contribution in [2.24, 2.45) is 0 Å². The number of benzene rings is 2. The number of carbonyl (C=O) groups is 1. The Kier molecular flexibility index (Phi) is 6.78. The standard InChI is InChI=1S/C24H27ClN2O2/c1-16(20-9-5-4-6-10-20)13-26-14-22-17(2)27(18(3)23(22)24(28)29)15-19-8-7-11-21(25)12-19/h4-12,16,26H,13-15H2,1-3H3,(H,28,29). The maximum atomic E-state index is 12.0. The van der Waals surface area contributed by atoms with Gasteiger partial charge in [0.15, 0.2) is 0 Å². The summed E-state index contributed by atoms with van der Waals surface area (Å²) in [6.07, 6.45) is 0. The number of hydrogen-bond acceptors (Lipinski definition) is 2. The molecule has 3 rings (SSSR count). The van der Waals surface area contributed by atoms with Crippen molar-refractivity contribution < 1.29 is 9.90 Å². The van der Waals surface area contributed by atoms with E-state index in [0.717, 1.165) is 29.1 Å². The summed E-state index contributed by atoms with van der Waals surface area (Å²) in [6, 6.07) is 18.0. The molecule has 0 aliphatic rings. The molecule has 1 aromatic heterocycles. The largest absolute Gasteiger partial charge is 0.478 e. The topological polar surface area (TPSA) is 54.3 Å². The SMILES string of the molecule is Cc1c(CNCC(C)c2ccccc2)c(C(=O)O)c(C)n1Cc1cccc(Cl)c1. The summed E-state index contributed by atoms with van der Waals surface area (Å²) in [6.45, 7) is 7.93. The van der Waals surface area contributed by atoms with Crippen LogP contribution in [0.3, 0.4) is 0 Å². The molecule has 2 aromatic carbocycles. The molecule has 152 valence electrons. The van der Waals surface area contributed by atoms with E-state index in [1.807, 2.05) is 56.3 Å². The first-order valence-electron chi connectivity index (χ1n) is 9.80. The van der Waals surface area contributed by atoms with Crippen LogP contribution in [0.25, 0.3) is 0 Å². The maximum Gasteiger partial charge on any atom is 0.337 e. The first-order chi connectivity index (χ1) is 13.9. The van der Waals surface area contributed by atoms with Crippen LogP contribution in [0.1, 0.15) is 51.3 Å². The van der Waals surface area contributed by atoms with E-state index in [2.05, 4.69) is 28.9 Å². The van der Waals surface area contributed by atoms with Crippen molar-refractivity contribution in [3.05, 3.63) is 93.3 Å². The Labute approximate surface area is 177 Å². The molecule has 0 spiro atoms. The third kappa shape index (κ3) is 4.89. The van der Waals surface area contributed by atoms with Crippen LogP contribution in [0.15, 0.2) is 54.6 Å². The summed E-state index contributed by atoms with van der Waals surface area (Å²) >= 11 is 6.11. The number of nitrogens with one attached hydrogen (secondary N) is 1. The molecule has 0 fully saturated rings. The van der Waals surface area contributed by atoms with E-state index in [0.29, 0.717) is 29.6 Å². The molecular weight excluding hydrogens is 384 g/mol. The number of carboxylic acids is 1. The van der Waals surface area contributed by atoms with Crippen molar-refractivity contribution in [2.75, 3.05) is 6.54 Å². The monoisotopic (exact) mass is 410 g/mol. The highest BCUT2D eigenvalue weighted by atomic mass is 35.5. The first-order valence-corrected chi connectivity index (χ1v) is 10.2. The molecule has 1 atom stereocenters. The van der Waals surface area contributed by atoms with Crippen molar-refractivity contribution in [3.63, 3.8) is 0 Å². The molecule has 0 radical (unpaired) electrons. The highest BCUT2D eigenvalue weighted by Crippen LogP contribution is 2.25. The van der Waals surface area contributed by atoms with Gasteiger partial charge in [-0.2, -0.15) is 0 Å². The fourth-order valence-corrected chi connectivity index (χ4v) is 4.03. The van der Waals surface area contributed by atoms with Gasteiger partial charge in [0.25, 0.3) is 0 Å². The van der Waals surface area contributed by atoms with Crippen molar-refractivity contribution in [2.45, 2.75) is 39.8 Å². The quantitative estimate of drug-likeness (QED) is 0.522. The minimum absolute atomic E-state index is 0.347. The number of halogens is 1. The van der Waals surface area contributed by atoms with Crippen LogP contribution < -0.4 is 5.32 Å². The maximum absolute atomic E-state index is 12.0. The number of aromatic nitrogens is 1. The van der Waals surface area contributed by atoms with Crippen molar-refractivity contribution in [1.29, 1.82) is 0 Å².